The second kappa shape index (κ2) is 68.1. The van der Waals surface area contributed by atoms with Crippen molar-refractivity contribution in [1.29, 1.82) is 0 Å². The summed E-state index contributed by atoms with van der Waals surface area (Å²) in [7, 11) is 0. The third kappa shape index (κ3) is 72.1. The van der Waals surface area contributed by atoms with Crippen molar-refractivity contribution in [2.75, 3.05) is 19.8 Å². The summed E-state index contributed by atoms with van der Waals surface area (Å²) in [6.45, 7) is 11.9. The number of hydrogen-bond acceptors (Lipinski definition) is 9. The fraction of sp³-hybridized carbons (Fsp3) is 0.857. The molecule has 0 rings (SSSR count). The monoisotopic (exact) mass is 1040 g/mol. The maximum atomic E-state index is 11.0. The zero-order chi connectivity index (χ0) is 53.6. The fourth-order valence-electron chi connectivity index (χ4n) is 7.92. The number of esters is 3. The first-order valence-corrected chi connectivity index (χ1v) is 30.5. The van der Waals surface area contributed by atoms with Crippen molar-refractivity contribution in [3.05, 3.63) is 36.5 Å². The van der Waals surface area contributed by atoms with Gasteiger partial charge in [-0.3, -0.25) is 14.4 Å². The number of carbonyl (C=O) groups excluding carboxylic acids is 3. The maximum absolute atomic E-state index is 11.0. The van der Waals surface area contributed by atoms with Gasteiger partial charge in [-0.2, -0.15) is 0 Å². The van der Waals surface area contributed by atoms with Gasteiger partial charge in [-0.1, -0.05) is 251 Å². The Labute approximate surface area is 462 Å². The first kappa shape index (κ1) is 77.5. The molecule has 0 aromatic rings. The standard InChI is InChI=1S/3C21H39O3.Al/c3*1-3-4-5-6-7-8-9-10-11-12-13-14-15-16-17-18-19-24-21(23)20(2)22;/h3*10-11,20H,3-9,12-19H2,1-2H3;/q3*-1;+3/b3*11-10-;. The second-order valence-electron chi connectivity index (χ2n) is 20.2. The Balaban J connectivity index is -0.000000486. The van der Waals surface area contributed by atoms with Gasteiger partial charge in [0.2, 0.25) is 0 Å². The molecule has 426 valence electrons. The summed E-state index contributed by atoms with van der Waals surface area (Å²) in [5.74, 6) is -1.87. The number of allylic oxidation sites excluding steroid dienone is 6. The summed E-state index contributed by atoms with van der Waals surface area (Å²) in [5, 5.41) is 32.2. The summed E-state index contributed by atoms with van der Waals surface area (Å²) < 4.78 is 14.6. The van der Waals surface area contributed by atoms with E-state index in [0.29, 0.717) is 19.8 Å². The molecule has 10 heteroatoms. The molecule has 0 amide bonds. The molecule has 0 aliphatic heterocycles. The third-order valence-corrected chi connectivity index (χ3v) is 12.7. The van der Waals surface area contributed by atoms with Gasteiger partial charge in [0.15, 0.2) is 0 Å². The molecule has 0 spiro atoms. The van der Waals surface area contributed by atoms with Crippen LogP contribution in [0, 0.1) is 0 Å². The molecule has 0 saturated heterocycles. The normalized spacial score (nSPS) is 12.5. The van der Waals surface area contributed by atoms with Gasteiger partial charge in [-0.05, 0) is 115 Å². The first-order chi connectivity index (χ1) is 35.0. The van der Waals surface area contributed by atoms with E-state index in [1.165, 1.54) is 252 Å². The van der Waals surface area contributed by atoms with Crippen molar-refractivity contribution in [3.63, 3.8) is 0 Å². The zero-order valence-electron chi connectivity index (χ0n) is 48.8. The average Bonchev–Trinajstić information content (AvgIpc) is 3.36. The third-order valence-electron chi connectivity index (χ3n) is 12.7. The summed E-state index contributed by atoms with van der Waals surface area (Å²) in [6, 6.07) is 0. The van der Waals surface area contributed by atoms with Crippen LogP contribution in [-0.2, 0) is 28.6 Å². The Kier molecular flexibility index (Phi) is 72.3. The SMILES string of the molecule is CCCCCCCC/C=C\CCCCCCCCOC(=O)C(C)[O-].CCCCCCCC/C=C\CCCCCCCCOC(=O)C(C)[O-].CCCCCCCC/C=C\CCCCCCCCOC(=O)C(C)[O-].[Al+3]. The predicted molar refractivity (Wildman–Crippen MR) is 305 cm³/mol. The Morgan fingerprint density at radius 3 is 0.603 bits per heavy atom. The van der Waals surface area contributed by atoms with E-state index >= 15 is 0 Å². The van der Waals surface area contributed by atoms with Gasteiger partial charge >= 0.3 is 17.4 Å². The van der Waals surface area contributed by atoms with Gasteiger partial charge in [0.25, 0.3) is 17.9 Å². The Hall–Kier alpha value is -1.96. The van der Waals surface area contributed by atoms with Gasteiger partial charge in [0.1, 0.15) is 0 Å². The minimum Gasteiger partial charge on any atom is -0.844 e. The van der Waals surface area contributed by atoms with Crippen LogP contribution in [0.3, 0.4) is 0 Å². The van der Waals surface area contributed by atoms with Gasteiger partial charge < -0.3 is 29.5 Å². The van der Waals surface area contributed by atoms with Crippen LogP contribution in [0.5, 0.6) is 0 Å². The smallest absolute Gasteiger partial charge is 0.844 e. The van der Waals surface area contributed by atoms with Gasteiger partial charge in [-0.25, -0.2) is 0 Å². The molecule has 3 unspecified atom stereocenters. The number of carbonyl (C=O) groups is 3. The molecule has 0 N–H and O–H groups in total. The van der Waals surface area contributed by atoms with E-state index in [0.717, 1.165) is 38.5 Å². The molecule has 0 aromatic heterocycles. The Bertz CT molecular complexity index is 1040. The quantitative estimate of drug-likeness (QED) is 0.0191. The summed E-state index contributed by atoms with van der Waals surface area (Å²) in [5.41, 5.74) is 0. The van der Waals surface area contributed by atoms with Crippen LogP contribution in [0.1, 0.15) is 311 Å². The topological polar surface area (TPSA) is 148 Å². The van der Waals surface area contributed by atoms with Crippen molar-refractivity contribution in [2.24, 2.45) is 0 Å². The fourth-order valence-corrected chi connectivity index (χ4v) is 7.92. The van der Waals surface area contributed by atoms with E-state index in [-0.39, 0.29) is 17.4 Å². The van der Waals surface area contributed by atoms with E-state index in [1.54, 1.807) is 0 Å². The molecule has 0 aliphatic rings. The number of rotatable bonds is 51. The number of hydrogen-bond donors (Lipinski definition) is 0. The zero-order valence-corrected chi connectivity index (χ0v) is 49.9. The molecule has 73 heavy (non-hydrogen) atoms. The van der Waals surface area contributed by atoms with E-state index in [9.17, 15) is 29.7 Å². The molecule has 0 aromatic carbocycles. The minimum absolute atomic E-state index is 0. The molecule has 0 fully saturated rings. The van der Waals surface area contributed by atoms with Crippen LogP contribution in [0.15, 0.2) is 36.5 Å². The predicted octanol–water partition coefficient (Wildman–Crippen LogP) is 15.6. The second-order valence-corrected chi connectivity index (χ2v) is 20.2. The van der Waals surface area contributed by atoms with Crippen LogP contribution in [0.25, 0.3) is 0 Å². The summed E-state index contributed by atoms with van der Waals surface area (Å²) in [4.78, 5) is 32.9. The molecule has 0 aliphatic carbocycles. The van der Waals surface area contributed by atoms with Gasteiger partial charge in [0, 0.05) is 0 Å². The molecule has 0 heterocycles. The van der Waals surface area contributed by atoms with E-state index in [1.807, 2.05) is 0 Å². The molecule has 0 saturated carbocycles. The maximum Gasteiger partial charge on any atom is 3.00 e. The van der Waals surface area contributed by atoms with Crippen molar-refractivity contribution in [1.82, 2.24) is 0 Å². The number of ether oxygens (including phenoxy) is 3. The summed E-state index contributed by atoms with van der Waals surface area (Å²) >= 11 is 0. The molecule has 9 nitrogen and oxygen atoms in total. The van der Waals surface area contributed by atoms with Crippen LogP contribution >= 0.6 is 0 Å². The van der Waals surface area contributed by atoms with E-state index < -0.39 is 36.2 Å². The van der Waals surface area contributed by atoms with Gasteiger partial charge in [-0.15, -0.1) is 0 Å². The molecule has 3 atom stereocenters. The molecular weight excluding hydrogens is 928 g/mol. The molecule has 0 radical (unpaired) electrons. The Morgan fingerprint density at radius 1 is 0.288 bits per heavy atom. The molecule has 0 bridgehead atoms. The van der Waals surface area contributed by atoms with Crippen LogP contribution in [-0.4, -0.2) is 73.4 Å². The average molecular weight is 1050 g/mol. The van der Waals surface area contributed by atoms with Crippen LogP contribution < -0.4 is 15.3 Å². The van der Waals surface area contributed by atoms with Crippen molar-refractivity contribution < 1.29 is 43.9 Å². The van der Waals surface area contributed by atoms with Crippen molar-refractivity contribution in [3.8, 4) is 0 Å². The summed E-state index contributed by atoms with van der Waals surface area (Å²) in [6.07, 6.45) is 63.2. The van der Waals surface area contributed by atoms with Crippen LogP contribution in [0.4, 0.5) is 0 Å². The first-order valence-electron chi connectivity index (χ1n) is 30.5. The minimum atomic E-state index is -1.25. The molecular formula is C63H117AlO9. The number of unbranched alkanes of at least 4 members (excludes halogenated alkanes) is 36. The van der Waals surface area contributed by atoms with Gasteiger partial charge in [0.05, 0.1) is 19.8 Å². The Morgan fingerprint density at radius 2 is 0.438 bits per heavy atom. The van der Waals surface area contributed by atoms with E-state index in [2.05, 4.69) is 57.2 Å². The van der Waals surface area contributed by atoms with E-state index in [4.69, 9.17) is 14.2 Å². The van der Waals surface area contributed by atoms with Crippen molar-refractivity contribution in [2.45, 2.75) is 330 Å². The largest absolute Gasteiger partial charge is 3.00 e. The van der Waals surface area contributed by atoms with Crippen molar-refractivity contribution >= 4 is 35.3 Å². The van der Waals surface area contributed by atoms with Crippen LogP contribution in [0.2, 0.25) is 0 Å².